The van der Waals surface area contributed by atoms with Gasteiger partial charge in [0.15, 0.2) is 5.65 Å². The number of hydrogen-bond donors (Lipinski definition) is 1. The topological polar surface area (TPSA) is 60.1 Å². The maximum absolute atomic E-state index is 12.7. The summed E-state index contributed by atoms with van der Waals surface area (Å²) in [4.78, 5) is 17.5. The van der Waals surface area contributed by atoms with Crippen LogP contribution in [0.3, 0.4) is 0 Å². The average molecular weight is 353 g/mol. The summed E-state index contributed by atoms with van der Waals surface area (Å²) in [5.74, 6) is 0. The van der Waals surface area contributed by atoms with Crippen molar-refractivity contribution in [3.05, 3.63) is 51.9 Å². The fourth-order valence-electron chi connectivity index (χ4n) is 3.23. The van der Waals surface area contributed by atoms with Crippen LogP contribution in [0.5, 0.6) is 0 Å². The minimum absolute atomic E-state index is 0.00103. The first-order valence-corrected chi connectivity index (χ1v) is 8.94. The van der Waals surface area contributed by atoms with Gasteiger partial charge in [-0.25, -0.2) is 9.78 Å². The van der Waals surface area contributed by atoms with E-state index in [-0.39, 0.29) is 11.1 Å². The van der Waals surface area contributed by atoms with E-state index < -0.39 is 6.10 Å². The average Bonchev–Trinajstić information content (AvgIpc) is 2.78. The summed E-state index contributed by atoms with van der Waals surface area (Å²) in [5, 5.41) is 9.88. The lowest BCUT2D eigenvalue weighted by molar-refractivity contribution is 0.199. The largest absolute Gasteiger partial charge is 0.389 e. The van der Waals surface area contributed by atoms with E-state index >= 15 is 0 Å². The number of aryl methyl sites for hydroxylation is 2. The highest BCUT2D eigenvalue weighted by atomic mass is 16.3. The quantitative estimate of drug-likeness (QED) is 0.779. The van der Waals surface area contributed by atoms with Gasteiger partial charge in [0.25, 0.3) is 0 Å². The Morgan fingerprint density at radius 2 is 1.88 bits per heavy atom. The van der Waals surface area contributed by atoms with Crippen molar-refractivity contribution in [2.45, 2.75) is 47.3 Å². The van der Waals surface area contributed by atoms with Gasteiger partial charge in [-0.05, 0) is 48.6 Å². The lowest BCUT2D eigenvalue weighted by Crippen LogP contribution is -2.27. The molecule has 0 radical (unpaired) electrons. The Kier molecular flexibility index (Phi) is 4.53. The van der Waals surface area contributed by atoms with Crippen molar-refractivity contribution in [3.63, 3.8) is 0 Å². The SMILES string of the molecule is Cc1ccc(C(C)O)cc1-c1ccc2c(n1)n(C)c(=O)n2CC(C)(C)C. The molecule has 0 aliphatic carbocycles. The number of benzene rings is 1. The van der Waals surface area contributed by atoms with Gasteiger partial charge >= 0.3 is 5.69 Å². The Morgan fingerprint density at radius 3 is 2.50 bits per heavy atom. The van der Waals surface area contributed by atoms with Crippen molar-refractivity contribution >= 4 is 11.2 Å². The summed E-state index contributed by atoms with van der Waals surface area (Å²) in [5.41, 5.74) is 5.20. The number of rotatable bonds is 3. The molecule has 2 aromatic heterocycles. The molecule has 0 amide bonds. The number of aliphatic hydroxyl groups excluding tert-OH is 1. The number of fused-ring (bicyclic) bond motifs is 1. The molecule has 1 N–H and O–H groups in total. The van der Waals surface area contributed by atoms with E-state index in [2.05, 4.69) is 20.8 Å². The van der Waals surface area contributed by atoms with Crippen molar-refractivity contribution in [2.75, 3.05) is 0 Å². The van der Waals surface area contributed by atoms with E-state index in [1.54, 1.807) is 23.1 Å². The summed E-state index contributed by atoms with van der Waals surface area (Å²) in [7, 11) is 1.76. The number of imidazole rings is 1. The van der Waals surface area contributed by atoms with Crippen LogP contribution < -0.4 is 5.69 Å². The molecule has 1 aromatic carbocycles. The van der Waals surface area contributed by atoms with Gasteiger partial charge < -0.3 is 5.11 Å². The van der Waals surface area contributed by atoms with E-state index in [0.29, 0.717) is 12.2 Å². The maximum atomic E-state index is 12.7. The number of aliphatic hydroxyl groups is 1. The maximum Gasteiger partial charge on any atom is 0.330 e. The van der Waals surface area contributed by atoms with Gasteiger partial charge in [0.1, 0.15) is 0 Å². The van der Waals surface area contributed by atoms with Crippen LogP contribution in [0.25, 0.3) is 22.4 Å². The monoisotopic (exact) mass is 353 g/mol. The zero-order valence-corrected chi connectivity index (χ0v) is 16.4. The predicted octanol–water partition coefficient (Wildman–Crippen LogP) is 3.81. The standard InChI is InChI=1S/C21H27N3O2/c1-13-7-8-15(14(2)25)11-16(13)17-9-10-18-19(22-17)23(6)20(26)24(18)12-21(3,4)5/h7-11,14,25H,12H2,1-6H3. The Balaban J connectivity index is 2.19. The predicted molar refractivity (Wildman–Crippen MR) is 105 cm³/mol. The summed E-state index contributed by atoms with van der Waals surface area (Å²) < 4.78 is 3.41. The zero-order valence-electron chi connectivity index (χ0n) is 16.4. The summed E-state index contributed by atoms with van der Waals surface area (Å²) in [6.45, 7) is 10.8. The van der Waals surface area contributed by atoms with Gasteiger partial charge in [-0.15, -0.1) is 0 Å². The molecule has 0 fully saturated rings. The molecule has 138 valence electrons. The van der Waals surface area contributed by atoms with E-state index in [1.165, 1.54) is 0 Å². The molecule has 26 heavy (non-hydrogen) atoms. The first-order chi connectivity index (χ1) is 12.1. The summed E-state index contributed by atoms with van der Waals surface area (Å²) >= 11 is 0. The van der Waals surface area contributed by atoms with Gasteiger partial charge in [0.05, 0.1) is 17.3 Å². The highest BCUT2D eigenvalue weighted by molar-refractivity contribution is 5.77. The molecule has 0 saturated heterocycles. The van der Waals surface area contributed by atoms with Crippen molar-refractivity contribution in [1.82, 2.24) is 14.1 Å². The second-order valence-corrected chi connectivity index (χ2v) is 8.28. The van der Waals surface area contributed by atoms with Gasteiger partial charge in [0.2, 0.25) is 0 Å². The van der Waals surface area contributed by atoms with Crippen molar-refractivity contribution in [1.29, 1.82) is 0 Å². The third-order valence-corrected chi connectivity index (χ3v) is 4.63. The zero-order chi connectivity index (χ0) is 19.2. The number of aromatic nitrogens is 3. The third kappa shape index (κ3) is 3.31. The second-order valence-electron chi connectivity index (χ2n) is 8.28. The van der Waals surface area contributed by atoms with Crippen LogP contribution in [0.1, 0.15) is 44.9 Å². The van der Waals surface area contributed by atoms with E-state index in [1.807, 2.05) is 37.3 Å². The Hall–Kier alpha value is -2.40. The lowest BCUT2D eigenvalue weighted by atomic mass is 9.97. The van der Waals surface area contributed by atoms with Gasteiger partial charge in [0, 0.05) is 19.2 Å². The molecule has 0 saturated carbocycles. The molecule has 0 spiro atoms. The van der Waals surface area contributed by atoms with Crippen LogP contribution in [0.15, 0.2) is 35.1 Å². The molecule has 0 aliphatic heterocycles. The fourth-order valence-corrected chi connectivity index (χ4v) is 3.23. The molecular formula is C21H27N3O2. The van der Waals surface area contributed by atoms with E-state index in [0.717, 1.165) is 27.9 Å². The number of pyridine rings is 1. The van der Waals surface area contributed by atoms with Crippen molar-refractivity contribution in [3.8, 4) is 11.3 Å². The molecular weight excluding hydrogens is 326 g/mol. The van der Waals surface area contributed by atoms with Crippen LogP contribution in [-0.2, 0) is 13.6 Å². The Morgan fingerprint density at radius 1 is 1.19 bits per heavy atom. The smallest absolute Gasteiger partial charge is 0.330 e. The molecule has 3 aromatic rings. The van der Waals surface area contributed by atoms with E-state index in [4.69, 9.17) is 4.98 Å². The number of hydrogen-bond acceptors (Lipinski definition) is 3. The minimum Gasteiger partial charge on any atom is -0.389 e. The molecule has 5 heteroatoms. The van der Waals surface area contributed by atoms with Gasteiger partial charge in [-0.3, -0.25) is 9.13 Å². The highest BCUT2D eigenvalue weighted by Crippen LogP contribution is 2.27. The molecule has 3 rings (SSSR count). The van der Waals surface area contributed by atoms with Crippen molar-refractivity contribution < 1.29 is 5.11 Å². The van der Waals surface area contributed by atoms with E-state index in [9.17, 15) is 9.90 Å². The van der Waals surface area contributed by atoms with Crippen LogP contribution >= 0.6 is 0 Å². The van der Waals surface area contributed by atoms with Crippen LogP contribution in [0, 0.1) is 12.3 Å². The molecule has 2 heterocycles. The Labute approximate surface area is 153 Å². The first-order valence-electron chi connectivity index (χ1n) is 8.94. The highest BCUT2D eigenvalue weighted by Gasteiger charge is 2.19. The van der Waals surface area contributed by atoms with Crippen LogP contribution in [0.4, 0.5) is 0 Å². The molecule has 5 nitrogen and oxygen atoms in total. The number of nitrogens with zero attached hydrogens (tertiary/aromatic N) is 3. The normalized spacial score (nSPS) is 13.3. The van der Waals surface area contributed by atoms with Crippen LogP contribution in [-0.4, -0.2) is 19.2 Å². The summed E-state index contributed by atoms with van der Waals surface area (Å²) in [6, 6.07) is 9.82. The van der Waals surface area contributed by atoms with Crippen molar-refractivity contribution in [2.24, 2.45) is 12.5 Å². The van der Waals surface area contributed by atoms with Crippen LogP contribution in [0.2, 0.25) is 0 Å². The molecule has 0 bridgehead atoms. The minimum atomic E-state index is -0.532. The summed E-state index contributed by atoms with van der Waals surface area (Å²) in [6.07, 6.45) is -0.532. The second kappa shape index (κ2) is 6.40. The first kappa shape index (κ1) is 18.4. The van der Waals surface area contributed by atoms with Gasteiger partial charge in [-0.2, -0.15) is 0 Å². The lowest BCUT2D eigenvalue weighted by Gasteiger charge is -2.18. The molecule has 0 aliphatic rings. The third-order valence-electron chi connectivity index (χ3n) is 4.63. The molecule has 1 atom stereocenters. The van der Waals surface area contributed by atoms with Gasteiger partial charge in [-0.1, -0.05) is 32.9 Å². The molecule has 1 unspecified atom stereocenters. The fraction of sp³-hybridized carbons (Fsp3) is 0.429. The Bertz CT molecular complexity index is 1020.